The van der Waals surface area contributed by atoms with Crippen molar-refractivity contribution in [2.24, 2.45) is 0 Å². The lowest BCUT2D eigenvalue weighted by molar-refractivity contribution is 0.583. The first-order valence-electron chi connectivity index (χ1n) is 7.03. The van der Waals surface area contributed by atoms with E-state index in [1.807, 2.05) is 12.1 Å². The SMILES string of the molecule is CCNS(=O)(=O)Cc1cccc(NCc2ccc(F)cc2)c1. The lowest BCUT2D eigenvalue weighted by atomic mass is 10.2. The van der Waals surface area contributed by atoms with E-state index in [0.717, 1.165) is 11.3 Å². The Labute approximate surface area is 130 Å². The van der Waals surface area contributed by atoms with Crippen LogP contribution in [-0.4, -0.2) is 15.0 Å². The van der Waals surface area contributed by atoms with Gasteiger partial charge < -0.3 is 5.32 Å². The molecule has 0 aromatic heterocycles. The number of sulfonamides is 1. The molecule has 0 aliphatic heterocycles. The summed E-state index contributed by atoms with van der Waals surface area (Å²) in [7, 11) is -3.29. The molecule has 2 aromatic carbocycles. The van der Waals surface area contributed by atoms with E-state index < -0.39 is 10.0 Å². The lowest BCUT2D eigenvalue weighted by Gasteiger charge is -2.09. The lowest BCUT2D eigenvalue weighted by Crippen LogP contribution is -2.24. The minimum atomic E-state index is -3.29. The molecule has 0 amide bonds. The molecule has 0 radical (unpaired) electrons. The minimum Gasteiger partial charge on any atom is -0.381 e. The molecule has 118 valence electrons. The zero-order chi connectivity index (χ0) is 16.0. The molecule has 0 atom stereocenters. The third-order valence-electron chi connectivity index (χ3n) is 3.06. The first kappa shape index (κ1) is 16.5. The van der Waals surface area contributed by atoms with E-state index in [4.69, 9.17) is 0 Å². The van der Waals surface area contributed by atoms with Crippen molar-refractivity contribution in [3.63, 3.8) is 0 Å². The smallest absolute Gasteiger partial charge is 0.215 e. The van der Waals surface area contributed by atoms with Crippen LogP contribution in [0.2, 0.25) is 0 Å². The Balaban J connectivity index is 2.01. The van der Waals surface area contributed by atoms with Gasteiger partial charge in [-0.2, -0.15) is 0 Å². The van der Waals surface area contributed by atoms with Crippen LogP contribution in [0.5, 0.6) is 0 Å². The van der Waals surface area contributed by atoms with Crippen LogP contribution in [0, 0.1) is 5.82 Å². The molecule has 0 spiro atoms. The Bertz CT molecular complexity index is 715. The van der Waals surface area contributed by atoms with Gasteiger partial charge in [-0.1, -0.05) is 31.2 Å². The van der Waals surface area contributed by atoms with E-state index in [2.05, 4.69) is 10.0 Å². The molecule has 0 aliphatic rings. The van der Waals surface area contributed by atoms with Crippen molar-refractivity contribution in [2.75, 3.05) is 11.9 Å². The first-order valence-corrected chi connectivity index (χ1v) is 8.68. The van der Waals surface area contributed by atoms with Crippen LogP contribution >= 0.6 is 0 Å². The van der Waals surface area contributed by atoms with Gasteiger partial charge in [-0.25, -0.2) is 17.5 Å². The molecule has 22 heavy (non-hydrogen) atoms. The number of benzene rings is 2. The van der Waals surface area contributed by atoms with Crippen LogP contribution in [-0.2, 0) is 22.3 Å². The Morgan fingerprint density at radius 2 is 1.77 bits per heavy atom. The summed E-state index contributed by atoms with van der Waals surface area (Å²) in [6.45, 7) is 2.67. The summed E-state index contributed by atoms with van der Waals surface area (Å²) >= 11 is 0. The zero-order valence-electron chi connectivity index (χ0n) is 12.3. The van der Waals surface area contributed by atoms with Crippen molar-refractivity contribution in [3.8, 4) is 0 Å². The molecule has 0 bridgehead atoms. The molecule has 0 heterocycles. The highest BCUT2D eigenvalue weighted by molar-refractivity contribution is 7.88. The Morgan fingerprint density at radius 1 is 1.05 bits per heavy atom. The minimum absolute atomic E-state index is 0.0487. The highest BCUT2D eigenvalue weighted by atomic mass is 32.2. The van der Waals surface area contributed by atoms with E-state index in [-0.39, 0.29) is 11.6 Å². The summed E-state index contributed by atoms with van der Waals surface area (Å²) < 4.78 is 38.8. The Morgan fingerprint density at radius 3 is 2.45 bits per heavy atom. The summed E-state index contributed by atoms with van der Waals surface area (Å²) in [6, 6.07) is 13.5. The molecule has 0 saturated heterocycles. The van der Waals surface area contributed by atoms with Gasteiger partial charge in [-0.05, 0) is 35.4 Å². The van der Waals surface area contributed by atoms with Crippen molar-refractivity contribution >= 4 is 15.7 Å². The average molecular weight is 322 g/mol. The molecule has 0 aliphatic carbocycles. The number of nitrogens with one attached hydrogen (secondary N) is 2. The molecule has 2 aromatic rings. The highest BCUT2D eigenvalue weighted by Crippen LogP contribution is 2.14. The zero-order valence-corrected chi connectivity index (χ0v) is 13.2. The normalized spacial score (nSPS) is 11.4. The number of rotatable bonds is 7. The maximum absolute atomic E-state index is 12.8. The standard InChI is InChI=1S/C16H19FN2O2S/c1-2-19-22(20,21)12-14-4-3-5-16(10-14)18-11-13-6-8-15(17)9-7-13/h3-10,18-19H,2,11-12H2,1H3. The van der Waals surface area contributed by atoms with Gasteiger partial charge in [0.25, 0.3) is 0 Å². The molecular weight excluding hydrogens is 303 g/mol. The van der Waals surface area contributed by atoms with E-state index >= 15 is 0 Å². The topological polar surface area (TPSA) is 58.2 Å². The molecule has 6 heteroatoms. The second kappa shape index (κ2) is 7.38. The molecule has 4 nitrogen and oxygen atoms in total. The van der Waals surface area contributed by atoms with E-state index in [1.165, 1.54) is 12.1 Å². The van der Waals surface area contributed by atoms with Gasteiger partial charge in [-0.3, -0.25) is 0 Å². The number of halogens is 1. The highest BCUT2D eigenvalue weighted by Gasteiger charge is 2.10. The van der Waals surface area contributed by atoms with Crippen LogP contribution in [0.25, 0.3) is 0 Å². The monoisotopic (exact) mass is 322 g/mol. The molecule has 0 unspecified atom stereocenters. The van der Waals surface area contributed by atoms with Crippen LogP contribution in [0.4, 0.5) is 10.1 Å². The first-order chi connectivity index (χ1) is 10.5. The second-order valence-corrected chi connectivity index (χ2v) is 6.74. The fraction of sp³-hybridized carbons (Fsp3) is 0.250. The fourth-order valence-corrected chi connectivity index (χ4v) is 3.23. The predicted molar refractivity (Wildman–Crippen MR) is 86.5 cm³/mol. The summed E-state index contributed by atoms with van der Waals surface area (Å²) in [5, 5.41) is 3.20. The molecular formula is C16H19FN2O2S. The van der Waals surface area contributed by atoms with Gasteiger partial charge in [0.2, 0.25) is 10.0 Å². The van der Waals surface area contributed by atoms with Crippen molar-refractivity contribution in [1.29, 1.82) is 0 Å². The third kappa shape index (κ3) is 5.13. The fourth-order valence-electron chi connectivity index (χ4n) is 2.07. The maximum Gasteiger partial charge on any atom is 0.215 e. The predicted octanol–water partition coefficient (Wildman–Crippen LogP) is 2.88. The maximum atomic E-state index is 12.8. The Kier molecular flexibility index (Phi) is 5.51. The van der Waals surface area contributed by atoms with Crippen molar-refractivity contribution < 1.29 is 12.8 Å². The number of hydrogen-bond acceptors (Lipinski definition) is 3. The van der Waals surface area contributed by atoms with Gasteiger partial charge in [0.1, 0.15) is 5.82 Å². The summed E-state index contributed by atoms with van der Waals surface area (Å²) in [6.07, 6.45) is 0. The van der Waals surface area contributed by atoms with Crippen molar-refractivity contribution in [2.45, 2.75) is 19.2 Å². The van der Waals surface area contributed by atoms with Crippen molar-refractivity contribution in [1.82, 2.24) is 4.72 Å². The van der Waals surface area contributed by atoms with Crippen LogP contribution < -0.4 is 10.0 Å². The van der Waals surface area contributed by atoms with E-state index in [9.17, 15) is 12.8 Å². The van der Waals surface area contributed by atoms with Gasteiger partial charge in [0.15, 0.2) is 0 Å². The molecule has 0 fully saturated rings. The Hall–Kier alpha value is -1.92. The van der Waals surface area contributed by atoms with Gasteiger partial charge in [0.05, 0.1) is 5.75 Å². The summed E-state index contributed by atoms with van der Waals surface area (Å²) in [4.78, 5) is 0. The molecule has 0 saturated carbocycles. The van der Waals surface area contributed by atoms with Crippen LogP contribution in [0.1, 0.15) is 18.1 Å². The summed E-state index contributed by atoms with van der Waals surface area (Å²) in [5.41, 5.74) is 2.49. The molecule has 2 N–H and O–H groups in total. The number of hydrogen-bond donors (Lipinski definition) is 2. The third-order valence-corrected chi connectivity index (χ3v) is 4.50. The van der Waals surface area contributed by atoms with Crippen LogP contribution in [0.15, 0.2) is 48.5 Å². The largest absolute Gasteiger partial charge is 0.381 e. The van der Waals surface area contributed by atoms with E-state index in [1.54, 1.807) is 31.2 Å². The number of anilines is 1. The van der Waals surface area contributed by atoms with E-state index in [0.29, 0.717) is 18.7 Å². The average Bonchev–Trinajstić information content (AvgIpc) is 2.46. The van der Waals surface area contributed by atoms with Gasteiger partial charge in [0, 0.05) is 18.8 Å². The molecule has 2 rings (SSSR count). The van der Waals surface area contributed by atoms with Gasteiger partial charge in [-0.15, -0.1) is 0 Å². The second-order valence-electron chi connectivity index (χ2n) is 4.94. The van der Waals surface area contributed by atoms with Gasteiger partial charge >= 0.3 is 0 Å². The summed E-state index contributed by atoms with van der Waals surface area (Å²) in [5.74, 6) is -0.313. The van der Waals surface area contributed by atoms with Crippen LogP contribution in [0.3, 0.4) is 0 Å². The quantitative estimate of drug-likeness (QED) is 0.824. The van der Waals surface area contributed by atoms with Crippen molar-refractivity contribution in [3.05, 3.63) is 65.5 Å².